The van der Waals surface area contributed by atoms with E-state index in [1.54, 1.807) is 0 Å². The second-order valence-electron chi connectivity index (χ2n) is 4.63. The Labute approximate surface area is 105 Å². The van der Waals surface area contributed by atoms with E-state index in [2.05, 4.69) is 24.0 Å². The zero-order valence-electron chi connectivity index (χ0n) is 10.3. The number of likely N-dealkylation sites (tertiary alicyclic amines) is 1. The van der Waals surface area contributed by atoms with Crippen molar-refractivity contribution >= 4 is 22.4 Å². The van der Waals surface area contributed by atoms with E-state index < -0.39 is 0 Å². The van der Waals surface area contributed by atoms with Crippen molar-refractivity contribution in [2.24, 2.45) is 5.41 Å². The van der Waals surface area contributed by atoms with Crippen LogP contribution in [-0.2, 0) is 0 Å². The number of amides is 1. The van der Waals surface area contributed by atoms with Gasteiger partial charge in [0.25, 0.3) is 5.91 Å². The van der Waals surface area contributed by atoms with Gasteiger partial charge in [-0.3, -0.25) is 4.79 Å². The maximum atomic E-state index is 12.2. The predicted molar refractivity (Wildman–Crippen MR) is 67.9 cm³/mol. The van der Waals surface area contributed by atoms with Crippen molar-refractivity contribution in [3.63, 3.8) is 0 Å². The molecule has 0 unspecified atom stereocenters. The van der Waals surface area contributed by atoms with E-state index in [9.17, 15) is 4.79 Å². The van der Waals surface area contributed by atoms with Gasteiger partial charge in [-0.25, -0.2) is 0 Å². The highest BCUT2D eigenvalue weighted by molar-refractivity contribution is 7.16. The topological polar surface area (TPSA) is 72.1 Å². The number of nitrogens with two attached hydrogens (primary N) is 1. The van der Waals surface area contributed by atoms with E-state index in [4.69, 9.17) is 5.73 Å². The summed E-state index contributed by atoms with van der Waals surface area (Å²) in [5.74, 6) is -0.0250. The van der Waals surface area contributed by atoms with Crippen LogP contribution in [0.1, 0.15) is 42.9 Å². The molecule has 1 fully saturated rings. The van der Waals surface area contributed by atoms with Crippen LogP contribution in [-0.4, -0.2) is 34.1 Å². The Hall–Kier alpha value is -1.17. The van der Waals surface area contributed by atoms with Crippen molar-refractivity contribution in [2.75, 3.05) is 18.8 Å². The third kappa shape index (κ3) is 2.26. The average Bonchev–Trinajstić information content (AvgIpc) is 2.95. The van der Waals surface area contributed by atoms with Crippen LogP contribution in [0.4, 0.5) is 5.13 Å². The van der Waals surface area contributed by atoms with Gasteiger partial charge in [-0.15, -0.1) is 10.2 Å². The fourth-order valence-electron chi connectivity index (χ4n) is 2.39. The van der Waals surface area contributed by atoms with Gasteiger partial charge >= 0.3 is 0 Å². The van der Waals surface area contributed by atoms with Gasteiger partial charge in [-0.1, -0.05) is 25.2 Å². The molecule has 17 heavy (non-hydrogen) atoms. The molecule has 0 atom stereocenters. The molecule has 94 valence electrons. The first-order valence-electron chi connectivity index (χ1n) is 5.98. The highest BCUT2D eigenvalue weighted by Gasteiger charge is 2.38. The summed E-state index contributed by atoms with van der Waals surface area (Å²) in [6.07, 6.45) is 3.32. The smallest absolute Gasteiger partial charge is 0.284 e. The first kappa shape index (κ1) is 12.3. The molecule has 0 radical (unpaired) electrons. The summed E-state index contributed by atoms with van der Waals surface area (Å²) >= 11 is 1.16. The number of nitrogen functional groups attached to an aromatic ring is 1. The Morgan fingerprint density at radius 3 is 2.65 bits per heavy atom. The van der Waals surface area contributed by atoms with Crippen molar-refractivity contribution in [1.82, 2.24) is 15.1 Å². The number of rotatable bonds is 3. The van der Waals surface area contributed by atoms with E-state index in [0.717, 1.165) is 43.7 Å². The lowest BCUT2D eigenvalue weighted by molar-refractivity contribution is 0.0768. The largest absolute Gasteiger partial charge is 0.374 e. The van der Waals surface area contributed by atoms with Crippen LogP contribution < -0.4 is 5.73 Å². The van der Waals surface area contributed by atoms with Gasteiger partial charge in [-0.05, 0) is 24.7 Å². The van der Waals surface area contributed by atoms with Gasteiger partial charge in [0.05, 0.1) is 0 Å². The van der Waals surface area contributed by atoms with Gasteiger partial charge < -0.3 is 10.6 Å². The van der Waals surface area contributed by atoms with Crippen LogP contribution in [0.5, 0.6) is 0 Å². The molecule has 1 aromatic heterocycles. The molecule has 5 nitrogen and oxygen atoms in total. The molecule has 0 aromatic carbocycles. The lowest BCUT2D eigenvalue weighted by atomic mass is 9.82. The zero-order valence-corrected chi connectivity index (χ0v) is 11.1. The molecule has 1 aromatic rings. The van der Waals surface area contributed by atoms with Crippen molar-refractivity contribution in [3.8, 4) is 0 Å². The van der Waals surface area contributed by atoms with Crippen LogP contribution in [0.25, 0.3) is 0 Å². The number of carbonyl (C=O) groups excluding carboxylic acids is 1. The molecular weight excluding hydrogens is 236 g/mol. The molecule has 1 saturated heterocycles. The molecule has 0 saturated carbocycles. The van der Waals surface area contributed by atoms with Crippen molar-refractivity contribution in [2.45, 2.75) is 33.1 Å². The predicted octanol–water partition coefficient (Wildman–Crippen LogP) is 1.77. The molecule has 1 amide bonds. The number of carbonyl (C=O) groups is 1. The highest BCUT2D eigenvalue weighted by Crippen LogP contribution is 2.37. The van der Waals surface area contributed by atoms with Crippen LogP contribution >= 0.6 is 11.3 Å². The Kier molecular flexibility index (Phi) is 3.33. The van der Waals surface area contributed by atoms with Gasteiger partial charge in [0, 0.05) is 13.1 Å². The van der Waals surface area contributed by atoms with E-state index in [0.29, 0.717) is 15.6 Å². The minimum Gasteiger partial charge on any atom is -0.374 e. The average molecular weight is 254 g/mol. The molecular formula is C11H18N4OS. The summed E-state index contributed by atoms with van der Waals surface area (Å²) in [4.78, 5) is 14.0. The Balaban J connectivity index is 2.08. The van der Waals surface area contributed by atoms with E-state index in [-0.39, 0.29) is 5.91 Å². The van der Waals surface area contributed by atoms with Crippen molar-refractivity contribution in [3.05, 3.63) is 5.01 Å². The van der Waals surface area contributed by atoms with Gasteiger partial charge in [0.2, 0.25) is 10.1 Å². The molecule has 2 N–H and O–H groups in total. The summed E-state index contributed by atoms with van der Waals surface area (Å²) in [6, 6.07) is 0. The van der Waals surface area contributed by atoms with E-state index in [1.807, 2.05) is 4.90 Å². The first-order valence-corrected chi connectivity index (χ1v) is 6.80. The molecule has 1 aliphatic heterocycles. The summed E-state index contributed by atoms with van der Waals surface area (Å²) in [7, 11) is 0. The normalized spacial score (nSPS) is 18.6. The SMILES string of the molecule is CCC1(CC)CCN(C(=O)c2nnc(N)s2)C1. The number of hydrogen-bond acceptors (Lipinski definition) is 5. The fourth-order valence-corrected chi connectivity index (χ4v) is 2.97. The number of anilines is 1. The second kappa shape index (κ2) is 4.60. The zero-order chi connectivity index (χ0) is 12.5. The van der Waals surface area contributed by atoms with Crippen molar-refractivity contribution < 1.29 is 4.79 Å². The molecule has 0 bridgehead atoms. The minimum absolute atomic E-state index is 0.0250. The Morgan fingerprint density at radius 2 is 2.18 bits per heavy atom. The third-order valence-corrected chi connectivity index (χ3v) is 4.59. The number of aromatic nitrogens is 2. The monoisotopic (exact) mass is 254 g/mol. The summed E-state index contributed by atoms with van der Waals surface area (Å²) in [5, 5.41) is 8.26. The van der Waals surface area contributed by atoms with E-state index >= 15 is 0 Å². The maximum absolute atomic E-state index is 12.2. The number of nitrogens with zero attached hydrogens (tertiary/aromatic N) is 3. The highest BCUT2D eigenvalue weighted by atomic mass is 32.1. The molecule has 2 heterocycles. The lowest BCUT2D eigenvalue weighted by Gasteiger charge is -2.25. The lowest BCUT2D eigenvalue weighted by Crippen LogP contribution is -2.31. The number of hydrogen-bond donors (Lipinski definition) is 1. The fraction of sp³-hybridized carbons (Fsp3) is 0.727. The summed E-state index contributed by atoms with van der Waals surface area (Å²) < 4.78 is 0. The molecule has 0 aliphatic carbocycles. The Morgan fingerprint density at radius 1 is 1.47 bits per heavy atom. The van der Waals surface area contributed by atoms with Crippen LogP contribution in [0.2, 0.25) is 0 Å². The van der Waals surface area contributed by atoms with Gasteiger partial charge in [-0.2, -0.15) is 0 Å². The molecule has 1 aliphatic rings. The quantitative estimate of drug-likeness (QED) is 0.892. The van der Waals surface area contributed by atoms with Gasteiger partial charge in [0.1, 0.15) is 0 Å². The van der Waals surface area contributed by atoms with Gasteiger partial charge in [0.15, 0.2) is 0 Å². The van der Waals surface area contributed by atoms with Crippen molar-refractivity contribution in [1.29, 1.82) is 0 Å². The summed E-state index contributed by atoms with van der Waals surface area (Å²) in [6.45, 7) is 6.04. The van der Waals surface area contributed by atoms with Crippen LogP contribution in [0.15, 0.2) is 0 Å². The van der Waals surface area contributed by atoms with Crippen LogP contribution in [0, 0.1) is 5.41 Å². The minimum atomic E-state index is -0.0250. The standard InChI is InChI=1S/C11H18N4OS/c1-3-11(4-2)5-6-15(7-11)9(16)8-13-14-10(12)17-8/h3-7H2,1-2H3,(H2,12,14). The first-order chi connectivity index (χ1) is 8.10. The maximum Gasteiger partial charge on any atom is 0.284 e. The molecule has 2 rings (SSSR count). The summed E-state index contributed by atoms with van der Waals surface area (Å²) in [5.41, 5.74) is 5.79. The third-order valence-electron chi connectivity index (χ3n) is 3.85. The second-order valence-corrected chi connectivity index (χ2v) is 5.64. The van der Waals surface area contributed by atoms with Crippen LogP contribution in [0.3, 0.4) is 0 Å². The molecule has 6 heteroatoms. The molecule has 0 spiro atoms. The Bertz CT molecular complexity index is 413. The van der Waals surface area contributed by atoms with E-state index in [1.165, 1.54) is 0 Å².